The van der Waals surface area contributed by atoms with Crippen LogP contribution in [-0.2, 0) is 0 Å². The highest BCUT2D eigenvalue weighted by Gasteiger charge is 2.20. The SMILES string of the molecule is CC(C)CC(C)(O)CNCCCC(N)=NO. The summed E-state index contributed by atoms with van der Waals surface area (Å²) in [6, 6.07) is 0. The van der Waals surface area contributed by atoms with Gasteiger partial charge in [-0.3, -0.25) is 0 Å². The first-order valence-corrected chi connectivity index (χ1v) is 5.77. The highest BCUT2D eigenvalue weighted by molar-refractivity contribution is 5.79. The Morgan fingerprint density at radius 1 is 1.50 bits per heavy atom. The molecule has 16 heavy (non-hydrogen) atoms. The molecule has 0 aliphatic heterocycles. The summed E-state index contributed by atoms with van der Waals surface area (Å²) in [5, 5.41) is 24.4. The second kappa shape index (κ2) is 7.46. The smallest absolute Gasteiger partial charge is 0.139 e. The van der Waals surface area contributed by atoms with Crippen LogP contribution < -0.4 is 11.1 Å². The monoisotopic (exact) mass is 231 g/mol. The molecule has 0 aromatic heterocycles. The molecule has 0 aliphatic rings. The topological polar surface area (TPSA) is 90.9 Å². The number of aliphatic hydroxyl groups is 1. The number of amidine groups is 1. The van der Waals surface area contributed by atoms with Crippen molar-refractivity contribution in [3.05, 3.63) is 0 Å². The number of rotatable bonds is 8. The number of nitrogens with zero attached hydrogens (tertiary/aromatic N) is 1. The van der Waals surface area contributed by atoms with E-state index < -0.39 is 5.60 Å². The second-order valence-corrected chi connectivity index (χ2v) is 4.97. The van der Waals surface area contributed by atoms with E-state index in [-0.39, 0.29) is 5.84 Å². The molecular weight excluding hydrogens is 206 g/mol. The van der Waals surface area contributed by atoms with Crippen LogP contribution in [0.25, 0.3) is 0 Å². The van der Waals surface area contributed by atoms with Crippen molar-refractivity contribution in [2.45, 2.75) is 45.6 Å². The number of nitrogens with one attached hydrogen (secondary N) is 1. The summed E-state index contributed by atoms with van der Waals surface area (Å²) in [5.74, 6) is 0.727. The summed E-state index contributed by atoms with van der Waals surface area (Å²) < 4.78 is 0. The number of hydrogen-bond donors (Lipinski definition) is 4. The third-order valence-electron chi connectivity index (χ3n) is 2.27. The summed E-state index contributed by atoms with van der Waals surface area (Å²) in [6.45, 7) is 7.34. The van der Waals surface area contributed by atoms with Crippen LogP contribution in [0.2, 0.25) is 0 Å². The summed E-state index contributed by atoms with van der Waals surface area (Å²) in [5.41, 5.74) is 4.67. The Labute approximate surface area is 97.7 Å². The van der Waals surface area contributed by atoms with Gasteiger partial charge in [0.2, 0.25) is 0 Å². The molecule has 0 heterocycles. The lowest BCUT2D eigenvalue weighted by molar-refractivity contribution is 0.0388. The van der Waals surface area contributed by atoms with Gasteiger partial charge in [-0.2, -0.15) is 0 Å². The molecule has 0 saturated heterocycles. The van der Waals surface area contributed by atoms with Gasteiger partial charge in [-0.05, 0) is 32.2 Å². The molecule has 0 amide bonds. The van der Waals surface area contributed by atoms with Crippen molar-refractivity contribution in [3.8, 4) is 0 Å². The fourth-order valence-electron chi connectivity index (χ4n) is 1.75. The van der Waals surface area contributed by atoms with Crippen molar-refractivity contribution in [3.63, 3.8) is 0 Å². The molecule has 0 spiro atoms. The van der Waals surface area contributed by atoms with Gasteiger partial charge in [0.15, 0.2) is 0 Å². The van der Waals surface area contributed by atoms with Gasteiger partial charge in [-0.1, -0.05) is 19.0 Å². The normalized spacial score (nSPS) is 16.4. The molecule has 0 aromatic carbocycles. The van der Waals surface area contributed by atoms with E-state index in [4.69, 9.17) is 10.9 Å². The van der Waals surface area contributed by atoms with Gasteiger partial charge in [0.1, 0.15) is 5.84 Å². The van der Waals surface area contributed by atoms with E-state index >= 15 is 0 Å². The average molecular weight is 231 g/mol. The van der Waals surface area contributed by atoms with Crippen molar-refractivity contribution in [1.82, 2.24) is 5.32 Å². The average Bonchev–Trinajstić information content (AvgIpc) is 2.14. The zero-order chi connectivity index (χ0) is 12.6. The molecule has 0 aromatic rings. The second-order valence-electron chi connectivity index (χ2n) is 4.97. The predicted molar refractivity (Wildman–Crippen MR) is 65.6 cm³/mol. The Bertz CT molecular complexity index is 215. The molecule has 0 bridgehead atoms. The van der Waals surface area contributed by atoms with Crippen molar-refractivity contribution < 1.29 is 10.3 Å². The van der Waals surface area contributed by atoms with Gasteiger partial charge in [0.05, 0.1) is 5.60 Å². The Morgan fingerprint density at radius 3 is 2.62 bits per heavy atom. The van der Waals surface area contributed by atoms with Crippen LogP contribution in [0.15, 0.2) is 5.16 Å². The fourth-order valence-corrected chi connectivity index (χ4v) is 1.75. The molecule has 0 aliphatic carbocycles. The zero-order valence-corrected chi connectivity index (χ0v) is 10.5. The van der Waals surface area contributed by atoms with Gasteiger partial charge >= 0.3 is 0 Å². The zero-order valence-electron chi connectivity index (χ0n) is 10.5. The molecular formula is C11H25N3O2. The maximum absolute atomic E-state index is 9.99. The molecule has 1 atom stereocenters. The van der Waals surface area contributed by atoms with Gasteiger partial charge in [0, 0.05) is 13.0 Å². The maximum atomic E-state index is 9.99. The highest BCUT2D eigenvalue weighted by Crippen LogP contribution is 2.14. The standard InChI is InChI=1S/C11H25N3O2/c1-9(2)7-11(3,15)8-13-6-4-5-10(12)14-16/h9,13,15-16H,4-8H2,1-3H3,(H2,12,14). The summed E-state index contributed by atoms with van der Waals surface area (Å²) >= 11 is 0. The quantitative estimate of drug-likeness (QED) is 0.164. The van der Waals surface area contributed by atoms with Crippen LogP contribution in [0.3, 0.4) is 0 Å². The Morgan fingerprint density at radius 2 is 2.12 bits per heavy atom. The van der Waals surface area contributed by atoms with E-state index in [1.165, 1.54) is 0 Å². The first-order valence-electron chi connectivity index (χ1n) is 5.77. The largest absolute Gasteiger partial charge is 0.409 e. The molecule has 0 saturated carbocycles. The Hall–Kier alpha value is -0.810. The van der Waals surface area contributed by atoms with Crippen LogP contribution in [0.4, 0.5) is 0 Å². The minimum Gasteiger partial charge on any atom is -0.409 e. The molecule has 5 nitrogen and oxygen atoms in total. The van der Waals surface area contributed by atoms with Crippen LogP contribution in [0, 0.1) is 5.92 Å². The highest BCUT2D eigenvalue weighted by atomic mass is 16.4. The van der Waals surface area contributed by atoms with E-state index in [2.05, 4.69) is 24.3 Å². The van der Waals surface area contributed by atoms with E-state index in [1.54, 1.807) is 0 Å². The van der Waals surface area contributed by atoms with Crippen LogP contribution in [0.5, 0.6) is 0 Å². The van der Waals surface area contributed by atoms with Crippen molar-refractivity contribution in [2.24, 2.45) is 16.8 Å². The van der Waals surface area contributed by atoms with Crippen molar-refractivity contribution >= 4 is 5.84 Å². The molecule has 5 N–H and O–H groups in total. The summed E-state index contributed by atoms with van der Waals surface area (Å²) in [7, 11) is 0. The predicted octanol–water partition coefficient (Wildman–Crippen LogP) is 0.900. The minimum absolute atomic E-state index is 0.246. The lowest BCUT2D eigenvalue weighted by Gasteiger charge is -2.25. The third kappa shape index (κ3) is 8.49. The molecule has 0 radical (unpaired) electrons. The van der Waals surface area contributed by atoms with Crippen LogP contribution in [-0.4, -0.2) is 34.8 Å². The lowest BCUT2D eigenvalue weighted by atomic mass is 9.94. The van der Waals surface area contributed by atoms with E-state index in [1.807, 2.05) is 6.92 Å². The number of oxime groups is 1. The van der Waals surface area contributed by atoms with Gasteiger partial charge in [0.25, 0.3) is 0 Å². The molecule has 1 unspecified atom stereocenters. The number of nitrogens with two attached hydrogens (primary N) is 1. The van der Waals surface area contributed by atoms with Gasteiger partial charge in [-0.15, -0.1) is 0 Å². The number of hydrogen-bond acceptors (Lipinski definition) is 4. The fraction of sp³-hybridized carbons (Fsp3) is 0.909. The maximum Gasteiger partial charge on any atom is 0.139 e. The lowest BCUT2D eigenvalue weighted by Crippen LogP contribution is -2.39. The summed E-state index contributed by atoms with van der Waals surface area (Å²) in [4.78, 5) is 0. The minimum atomic E-state index is -0.662. The first-order chi connectivity index (χ1) is 7.37. The molecule has 96 valence electrons. The Kier molecular flexibility index (Phi) is 7.08. The third-order valence-corrected chi connectivity index (χ3v) is 2.27. The van der Waals surface area contributed by atoms with E-state index in [0.717, 1.165) is 19.4 Å². The molecule has 5 heteroatoms. The van der Waals surface area contributed by atoms with Crippen LogP contribution in [0.1, 0.15) is 40.0 Å². The van der Waals surface area contributed by atoms with Gasteiger partial charge in [-0.25, -0.2) is 0 Å². The van der Waals surface area contributed by atoms with Gasteiger partial charge < -0.3 is 21.4 Å². The van der Waals surface area contributed by atoms with E-state index in [9.17, 15) is 5.11 Å². The van der Waals surface area contributed by atoms with Crippen LogP contribution >= 0.6 is 0 Å². The van der Waals surface area contributed by atoms with Crippen molar-refractivity contribution in [1.29, 1.82) is 0 Å². The summed E-state index contributed by atoms with van der Waals surface area (Å²) in [6.07, 6.45) is 2.14. The first kappa shape index (κ1) is 15.2. The van der Waals surface area contributed by atoms with Crippen molar-refractivity contribution in [2.75, 3.05) is 13.1 Å². The molecule has 0 fully saturated rings. The van der Waals surface area contributed by atoms with E-state index in [0.29, 0.717) is 18.9 Å². The molecule has 0 rings (SSSR count). The Balaban J connectivity index is 3.58.